The lowest BCUT2D eigenvalue weighted by Crippen LogP contribution is -2.04. The van der Waals surface area contributed by atoms with Crippen LogP contribution >= 0.6 is 11.8 Å². The number of anilines is 1. The Morgan fingerprint density at radius 1 is 1.03 bits per heavy atom. The van der Waals surface area contributed by atoms with Crippen molar-refractivity contribution >= 4 is 17.6 Å². The second-order valence-corrected chi connectivity index (χ2v) is 6.86. The Balaban J connectivity index is 0.00000166. The molecule has 2 heterocycles. The summed E-state index contributed by atoms with van der Waals surface area (Å²) in [5.41, 5.74) is 8.66. The number of aliphatic hydroxyl groups excluding tert-OH is 1. The fourth-order valence-corrected chi connectivity index (χ4v) is 3.65. The molecule has 0 amide bonds. The van der Waals surface area contributed by atoms with Crippen molar-refractivity contribution < 1.29 is 9.84 Å². The van der Waals surface area contributed by atoms with Crippen LogP contribution in [0.1, 0.15) is 30.5 Å². The van der Waals surface area contributed by atoms with Gasteiger partial charge in [0.25, 0.3) is 0 Å². The van der Waals surface area contributed by atoms with Crippen LogP contribution in [0.2, 0.25) is 0 Å². The van der Waals surface area contributed by atoms with E-state index in [4.69, 9.17) is 15.6 Å². The van der Waals surface area contributed by atoms with Gasteiger partial charge in [-0.05, 0) is 35.4 Å². The van der Waals surface area contributed by atoms with Crippen molar-refractivity contribution in [3.8, 4) is 29.0 Å². The largest absolute Gasteiger partial charge is 0.491 e. The zero-order chi connectivity index (χ0) is 22.6. The maximum Gasteiger partial charge on any atom is 0.143 e. The van der Waals surface area contributed by atoms with Crippen molar-refractivity contribution in [2.45, 2.75) is 24.6 Å². The Bertz CT molecular complexity index is 1070. The van der Waals surface area contributed by atoms with Crippen molar-refractivity contribution in [1.82, 2.24) is 9.97 Å². The number of aromatic nitrogens is 2. The highest BCUT2D eigenvalue weighted by atomic mass is 32.2. The lowest BCUT2D eigenvalue weighted by atomic mass is 9.97. The molecule has 8 heteroatoms. The maximum absolute atomic E-state index is 9.82. The molecule has 0 aliphatic carbocycles. The Morgan fingerprint density at radius 2 is 1.68 bits per heavy atom. The van der Waals surface area contributed by atoms with Crippen LogP contribution in [-0.2, 0) is 5.75 Å². The van der Waals surface area contributed by atoms with Crippen LogP contribution in [-0.4, -0.2) is 28.3 Å². The maximum atomic E-state index is 9.82. The molecule has 0 fully saturated rings. The number of rotatable bonds is 7. The van der Waals surface area contributed by atoms with Crippen LogP contribution in [0.15, 0.2) is 53.8 Å². The summed E-state index contributed by atoms with van der Waals surface area (Å²) in [6.45, 7) is 4.10. The monoisotopic (exact) mass is 433 g/mol. The van der Waals surface area contributed by atoms with Crippen molar-refractivity contribution in [1.29, 1.82) is 10.5 Å². The van der Waals surface area contributed by atoms with E-state index in [1.54, 1.807) is 36.7 Å². The predicted molar refractivity (Wildman–Crippen MR) is 121 cm³/mol. The molecular formula is C23H23N5O2S. The first-order valence-corrected chi connectivity index (χ1v) is 10.7. The number of nitrogens with two attached hydrogens (primary N) is 1. The molecule has 0 radical (unpaired) electrons. The van der Waals surface area contributed by atoms with E-state index >= 15 is 0 Å². The summed E-state index contributed by atoms with van der Waals surface area (Å²) < 4.78 is 5.37. The number of hydrogen-bond acceptors (Lipinski definition) is 8. The Hall–Kier alpha value is -3.59. The fraction of sp³-hybridized carbons (Fsp3) is 0.217. The SMILES string of the molecule is CC.N#Cc1c(N)nc(SCc2ccncc2)c(C#N)c1-c1ccc(OCCO)cc1. The summed E-state index contributed by atoms with van der Waals surface area (Å²) in [5.74, 6) is 1.25. The molecule has 0 saturated carbocycles. The van der Waals surface area contributed by atoms with Gasteiger partial charge >= 0.3 is 0 Å². The third kappa shape index (κ3) is 5.95. The summed E-state index contributed by atoms with van der Waals surface area (Å²) in [6, 6.07) is 15.0. The van der Waals surface area contributed by atoms with Crippen LogP contribution < -0.4 is 10.5 Å². The van der Waals surface area contributed by atoms with Gasteiger partial charge in [-0.25, -0.2) is 4.98 Å². The van der Waals surface area contributed by atoms with E-state index in [9.17, 15) is 10.5 Å². The van der Waals surface area contributed by atoms with Crippen LogP contribution in [0.4, 0.5) is 5.82 Å². The molecule has 158 valence electrons. The Kier molecular flexibility index (Phi) is 9.31. The molecule has 7 nitrogen and oxygen atoms in total. The van der Waals surface area contributed by atoms with Gasteiger partial charge in [-0.3, -0.25) is 4.98 Å². The molecule has 2 aromatic heterocycles. The van der Waals surface area contributed by atoms with Crippen LogP contribution in [0.3, 0.4) is 0 Å². The van der Waals surface area contributed by atoms with Gasteiger partial charge in [0.1, 0.15) is 40.9 Å². The molecule has 0 unspecified atom stereocenters. The predicted octanol–water partition coefficient (Wildman–Crippen LogP) is 4.16. The van der Waals surface area contributed by atoms with Crippen LogP contribution in [0, 0.1) is 22.7 Å². The number of ether oxygens (including phenoxy) is 1. The summed E-state index contributed by atoms with van der Waals surface area (Å²) in [5, 5.41) is 28.8. The number of pyridine rings is 2. The average Bonchev–Trinajstić information content (AvgIpc) is 2.83. The second-order valence-electron chi connectivity index (χ2n) is 5.89. The van der Waals surface area contributed by atoms with Gasteiger partial charge in [-0.15, -0.1) is 11.8 Å². The molecule has 0 atom stereocenters. The second kappa shape index (κ2) is 12.2. The highest BCUT2D eigenvalue weighted by Gasteiger charge is 2.20. The minimum Gasteiger partial charge on any atom is -0.491 e. The number of benzene rings is 1. The number of aliphatic hydroxyl groups is 1. The zero-order valence-electron chi connectivity index (χ0n) is 17.4. The Morgan fingerprint density at radius 3 is 2.26 bits per heavy atom. The third-order valence-corrected chi connectivity index (χ3v) is 5.09. The van der Waals surface area contributed by atoms with Gasteiger partial charge in [-0.1, -0.05) is 26.0 Å². The summed E-state index contributed by atoms with van der Waals surface area (Å²) in [7, 11) is 0. The lowest BCUT2D eigenvalue weighted by Gasteiger charge is -2.13. The highest BCUT2D eigenvalue weighted by molar-refractivity contribution is 7.98. The van der Waals surface area contributed by atoms with Gasteiger partial charge in [0, 0.05) is 23.7 Å². The van der Waals surface area contributed by atoms with Gasteiger partial charge in [-0.2, -0.15) is 10.5 Å². The normalized spacial score (nSPS) is 9.71. The smallest absolute Gasteiger partial charge is 0.143 e. The third-order valence-electron chi connectivity index (χ3n) is 4.04. The van der Waals surface area contributed by atoms with Crippen LogP contribution in [0.5, 0.6) is 5.75 Å². The van der Waals surface area contributed by atoms with Gasteiger partial charge in [0.15, 0.2) is 0 Å². The number of nitrogen functional groups attached to an aromatic ring is 1. The fourth-order valence-electron chi connectivity index (χ4n) is 2.70. The van der Waals surface area contributed by atoms with Crippen molar-refractivity contribution in [2.24, 2.45) is 0 Å². The highest BCUT2D eigenvalue weighted by Crippen LogP contribution is 2.37. The number of hydrogen-bond donors (Lipinski definition) is 2. The minimum absolute atomic E-state index is 0.0827. The first-order chi connectivity index (χ1) is 15.2. The van der Waals surface area contributed by atoms with Gasteiger partial charge in [0.2, 0.25) is 0 Å². The molecule has 0 spiro atoms. The van der Waals surface area contributed by atoms with Crippen molar-refractivity contribution in [3.05, 3.63) is 65.5 Å². The van der Waals surface area contributed by atoms with E-state index in [-0.39, 0.29) is 24.6 Å². The summed E-state index contributed by atoms with van der Waals surface area (Å²) >= 11 is 1.38. The van der Waals surface area contributed by atoms with Crippen molar-refractivity contribution in [3.63, 3.8) is 0 Å². The molecule has 0 aliphatic heterocycles. The molecule has 0 bridgehead atoms. The zero-order valence-corrected chi connectivity index (χ0v) is 18.2. The minimum atomic E-state index is -0.0855. The van der Waals surface area contributed by atoms with E-state index in [1.807, 2.05) is 26.0 Å². The van der Waals surface area contributed by atoms with Gasteiger partial charge in [0.05, 0.1) is 12.2 Å². The molecule has 0 saturated heterocycles. The standard InChI is InChI=1S/C21H17N5O2S.C2H6/c22-11-17-19(15-1-3-16(4-2-15)28-10-9-27)18(12-23)21(26-20(17)24)29-13-14-5-7-25-8-6-14;1-2/h1-8,27H,9-10,13H2,(H2,24,26);1-2H3. The van der Waals surface area contributed by atoms with E-state index < -0.39 is 0 Å². The first kappa shape index (κ1) is 23.7. The first-order valence-electron chi connectivity index (χ1n) is 9.67. The molecule has 31 heavy (non-hydrogen) atoms. The summed E-state index contributed by atoms with van der Waals surface area (Å²) in [6.07, 6.45) is 3.40. The molecular weight excluding hydrogens is 410 g/mol. The average molecular weight is 434 g/mol. The quantitative estimate of drug-likeness (QED) is 0.531. The van der Waals surface area contributed by atoms with E-state index in [0.717, 1.165) is 5.56 Å². The molecule has 1 aromatic carbocycles. The van der Waals surface area contributed by atoms with E-state index in [1.165, 1.54) is 11.8 Å². The van der Waals surface area contributed by atoms with Crippen LogP contribution in [0.25, 0.3) is 11.1 Å². The number of nitriles is 2. The van der Waals surface area contributed by atoms with Gasteiger partial charge < -0.3 is 15.6 Å². The van der Waals surface area contributed by atoms with E-state index in [0.29, 0.717) is 33.2 Å². The molecule has 3 rings (SSSR count). The topological polar surface area (TPSA) is 129 Å². The Labute approximate surface area is 186 Å². The molecule has 0 aliphatic rings. The molecule has 3 aromatic rings. The van der Waals surface area contributed by atoms with Crippen molar-refractivity contribution in [2.75, 3.05) is 18.9 Å². The van der Waals surface area contributed by atoms with E-state index in [2.05, 4.69) is 22.1 Å². The summed E-state index contributed by atoms with van der Waals surface area (Å²) in [4.78, 5) is 8.29. The molecule has 3 N–H and O–H groups in total. The number of thioether (sulfide) groups is 1. The lowest BCUT2D eigenvalue weighted by molar-refractivity contribution is 0.201. The number of nitrogens with zero attached hydrogens (tertiary/aromatic N) is 4.